The molecule has 22 heavy (non-hydrogen) atoms. The van der Waals surface area contributed by atoms with Gasteiger partial charge in [-0.15, -0.1) is 0 Å². The van der Waals surface area contributed by atoms with Crippen molar-refractivity contribution >= 4 is 34.1 Å². The molecule has 0 aliphatic carbocycles. The molecule has 0 saturated carbocycles. The number of ether oxygens (including phenoxy) is 2. The van der Waals surface area contributed by atoms with Crippen LogP contribution in [0, 0.1) is 11.3 Å². The van der Waals surface area contributed by atoms with E-state index < -0.39 is 0 Å². The molecule has 6 heteroatoms. The molecule has 0 N–H and O–H groups in total. The number of hydrogen-bond donors (Lipinski definition) is 0. The molecule has 0 amide bonds. The van der Waals surface area contributed by atoms with Gasteiger partial charge in [0.1, 0.15) is 5.75 Å². The third-order valence-corrected chi connectivity index (χ3v) is 4.40. The minimum Gasteiger partial charge on any atom is -0.497 e. The van der Waals surface area contributed by atoms with Crippen LogP contribution in [0.5, 0.6) is 5.75 Å². The lowest BCUT2D eigenvalue weighted by Crippen LogP contribution is -2.10. The topological polar surface area (TPSA) is 59.3 Å². The van der Waals surface area contributed by atoms with Crippen molar-refractivity contribution in [2.24, 2.45) is 0 Å². The first kappa shape index (κ1) is 18.5. The van der Waals surface area contributed by atoms with Crippen LogP contribution in [0.25, 0.3) is 0 Å². The molecule has 0 aromatic heterocycles. The van der Waals surface area contributed by atoms with Crippen LogP contribution in [0.15, 0.2) is 24.3 Å². The van der Waals surface area contributed by atoms with Gasteiger partial charge in [-0.1, -0.05) is 11.8 Å². The van der Waals surface area contributed by atoms with E-state index in [4.69, 9.17) is 27.0 Å². The molecule has 0 radical (unpaired) electrons. The molecular weight excluding hydrogens is 318 g/mol. The molecule has 0 aliphatic rings. The van der Waals surface area contributed by atoms with E-state index in [0.29, 0.717) is 35.8 Å². The molecule has 1 rings (SSSR count). The van der Waals surface area contributed by atoms with Crippen molar-refractivity contribution in [3.05, 3.63) is 29.8 Å². The Hall–Kier alpha value is -1.58. The quantitative estimate of drug-likeness (QED) is 0.528. The number of rotatable bonds is 8. The predicted octanol–water partition coefficient (Wildman–Crippen LogP) is 3.99. The van der Waals surface area contributed by atoms with Crippen LogP contribution in [0.4, 0.5) is 0 Å². The first-order chi connectivity index (χ1) is 10.6. The van der Waals surface area contributed by atoms with E-state index in [0.717, 1.165) is 5.75 Å². The van der Waals surface area contributed by atoms with E-state index >= 15 is 0 Å². The maximum Gasteiger partial charge on any atom is 0.220 e. The van der Waals surface area contributed by atoms with Gasteiger partial charge in [0.15, 0.2) is 5.78 Å². The van der Waals surface area contributed by atoms with Gasteiger partial charge in [0.2, 0.25) is 4.38 Å². The SMILES string of the molecule is CCOC(=S)SC(CC#N)CCC(=O)c1ccc(OC)cc1. The van der Waals surface area contributed by atoms with Crippen LogP contribution < -0.4 is 4.74 Å². The van der Waals surface area contributed by atoms with Crippen LogP contribution in [-0.2, 0) is 4.74 Å². The highest BCUT2D eigenvalue weighted by molar-refractivity contribution is 8.23. The highest BCUT2D eigenvalue weighted by atomic mass is 32.2. The standard InChI is InChI=1S/C16H19NO3S2/c1-3-20-16(21)22-14(10-11-17)8-9-15(18)12-4-6-13(19-2)7-5-12/h4-7,14H,3,8-10H2,1-2H3. The van der Waals surface area contributed by atoms with E-state index in [1.165, 1.54) is 11.8 Å². The van der Waals surface area contributed by atoms with Gasteiger partial charge in [-0.25, -0.2) is 0 Å². The molecule has 0 bridgehead atoms. The summed E-state index contributed by atoms with van der Waals surface area (Å²) in [7, 11) is 1.59. The number of thiocarbonyl (C=S) groups is 1. The number of nitrogens with zero attached hydrogens (tertiary/aromatic N) is 1. The summed E-state index contributed by atoms with van der Waals surface area (Å²) >= 11 is 6.43. The van der Waals surface area contributed by atoms with Crippen LogP contribution in [0.1, 0.15) is 36.5 Å². The summed E-state index contributed by atoms with van der Waals surface area (Å²) in [6.45, 7) is 2.37. The predicted molar refractivity (Wildman–Crippen MR) is 92.4 cm³/mol. The zero-order valence-electron chi connectivity index (χ0n) is 12.7. The number of Topliss-reactive ketones (excluding diaryl/α,β-unsaturated/α-hetero) is 1. The summed E-state index contributed by atoms with van der Waals surface area (Å²) in [5.41, 5.74) is 0.647. The van der Waals surface area contributed by atoms with Crippen LogP contribution >= 0.6 is 24.0 Å². The fourth-order valence-electron chi connectivity index (χ4n) is 1.81. The maximum absolute atomic E-state index is 12.2. The van der Waals surface area contributed by atoms with E-state index in [1.807, 2.05) is 6.92 Å². The second-order valence-electron chi connectivity index (χ2n) is 4.48. The lowest BCUT2D eigenvalue weighted by atomic mass is 10.0. The van der Waals surface area contributed by atoms with E-state index in [1.54, 1.807) is 31.4 Å². The maximum atomic E-state index is 12.2. The highest BCUT2D eigenvalue weighted by Gasteiger charge is 2.16. The zero-order chi connectivity index (χ0) is 16.4. The van der Waals surface area contributed by atoms with Crippen molar-refractivity contribution in [2.75, 3.05) is 13.7 Å². The second-order valence-corrected chi connectivity index (χ2v) is 6.38. The smallest absolute Gasteiger partial charge is 0.220 e. The van der Waals surface area contributed by atoms with Gasteiger partial charge in [-0.05, 0) is 49.8 Å². The summed E-state index contributed by atoms with van der Waals surface area (Å²) in [6.07, 6.45) is 1.31. The van der Waals surface area contributed by atoms with Gasteiger partial charge in [-0.2, -0.15) is 5.26 Å². The minimum absolute atomic E-state index is 0.0220. The molecule has 1 aromatic rings. The molecule has 0 saturated heterocycles. The van der Waals surface area contributed by atoms with E-state index in [2.05, 4.69) is 6.07 Å². The van der Waals surface area contributed by atoms with Crippen molar-refractivity contribution < 1.29 is 14.3 Å². The van der Waals surface area contributed by atoms with Gasteiger partial charge in [0.25, 0.3) is 0 Å². The Labute approximate surface area is 140 Å². The highest BCUT2D eigenvalue weighted by Crippen LogP contribution is 2.23. The summed E-state index contributed by atoms with van der Waals surface area (Å²) in [6, 6.07) is 9.15. The number of thioether (sulfide) groups is 1. The summed E-state index contributed by atoms with van der Waals surface area (Å²) in [5.74, 6) is 0.769. The Balaban J connectivity index is 2.54. The number of methoxy groups -OCH3 is 1. The Morgan fingerprint density at radius 3 is 2.64 bits per heavy atom. The first-order valence-corrected chi connectivity index (χ1v) is 8.27. The third-order valence-electron chi connectivity index (χ3n) is 2.95. The Morgan fingerprint density at radius 2 is 2.09 bits per heavy atom. The average molecular weight is 337 g/mol. The fourth-order valence-corrected chi connectivity index (χ4v) is 3.18. The summed E-state index contributed by atoms with van der Waals surface area (Å²) < 4.78 is 10.7. The lowest BCUT2D eigenvalue weighted by molar-refractivity contribution is 0.0980. The number of carbonyl (C=O) groups is 1. The number of carbonyl (C=O) groups excluding carboxylic acids is 1. The Bertz CT molecular complexity index is 537. The van der Waals surface area contributed by atoms with Crippen molar-refractivity contribution in [1.82, 2.24) is 0 Å². The number of hydrogen-bond acceptors (Lipinski definition) is 6. The molecule has 0 spiro atoms. The molecule has 0 heterocycles. The van der Waals surface area contributed by atoms with Gasteiger partial charge >= 0.3 is 0 Å². The van der Waals surface area contributed by atoms with Crippen molar-refractivity contribution in [3.8, 4) is 11.8 Å². The van der Waals surface area contributed by atoms with Crippen LogP contribution in [0.2, 0.25) is 0 Å². The van der Waals surface area contributed by atoms with Gasteiger partial charge in [0, 0.05) is 23.7 Å². The summed E-state index contributed by atoms with van der Waals surface area (Å²) in [5, 5.41) is 8.85. The van der Waals surface area contributed by atoms with Crippen molar-refractivity contribution in [1.29, 1.82) is 5.26 Å². The molecule has 0 fully saturated rings. The summed E-state index contributed by atoms with van der Waals surface area (Å²) in [4.78, 5) is 12.2. The molecule has 0 aliphatic heterocycles. The normalized spacial score (nSPS) is 11.3. The molecule has 1 unspecified atom stereocenters. The minimum atomic E-state index is -0.0220. The Morgan fingerprint density at radius 1 is 1.41 bits per heavy atom. The van der Waals surface area contributed by atoms with Crippen molar-refractivity contribution in [2.45, 2.75) is 31.4 Å². The van der Waals surface area contributed by atoms with Crippen LogP contribution in [0.3, 0.4) is 0 Å². The second kappa shape index (κ2) is 10.2. The third kappa shape index (κ3) is 6.46. The molecule has 1 aromatic carbocycles. The fraction of sp³-hybridized carbons (Fsp3) is 0.438. The lowest BCUT2D eigenvalue weighted by Gasteiger charge is -2.13. The molecular formula is C16H19NO3S2. The van der Waals surface area contributed by atoms with E-state index in [9.17, 15) is 4.79 Å². The molecule has 1 atom stereocenters. The first-order valence-electron chi connectivity index (χ1n) is 6.98. The van der Waals surface area contributed by atoms with E-state index in [-0.39, 0.29) is 11.0 Å². The largest absolute Gasteiger partial charge is 0.497 e. The molecule has 118 valence electrons. The van der Waals surface area contributed by atoms with Crippen LogP contribution in [-0.4, -0.2) is 29.1 Å². The average Bonchev–Trinajstić information content (AvgIpc) is 2.53. The Kier molecular flexibility index (Phi) is 8.56. The van der Waals surface area contributed by atoms with Gasteiger partial charge in [-0.3, -0.25) is 4.79 Å². The number of nitriles is 1. The monoisotopic (exact) mass is 337 g/mol. The number of benzene rings is 1. The van der Waals surface area contributed by atoms with Gasteiger partial charge in [0.05, 0.1) is 19.8 Å². The molecule has 4 nitrogen and oxygen atoms in total. The zero-order valence-corrected chi connectivity index (χ0v) is 14.3. The number of ketones is 1. The van der Waals surface area contributed by atoms with Crippen molar-refractivity contribution in [3.63, 3.8) is 0 Å². The van der Waals surface area contributed by atoms with Gasteiger partial charge < -0.3 is 9.47 Å².